The Morgan fingerprint density at radius 3 is 2.45 bits per heavy atom. The lowest BCUT2D eigenvalue weighted by Crippen LogP contribution is -2.37. The number of hydrogen-bond donors (Lipinski definition) is 1. The summed E-state index contributed by atoms with van der Waals surface area (Å²) in [5.74, 6) is -0.0496. The SMILES string of the molecule is CCn1c(=O)n(CCC(=O)NCC(c2cccc(Cl)c2)N2CCCC2)c2ccccc21. The molecule has 2 heterocycles. The van der Waals surface area contributed by atoms with Crippen molar-refractivity contribution in [1.82, 2.24) is 19.4 Å². The predicted molar refractivity (Wildman–Crippen MR) is 124 cm³/mol. The fourth-order valence-corrected chi connectivity index (χ4v) is 4.73. The molecule has 0 aliphatic carbocycles. The normalized spacial score (nSPS) is 15.4. The summed E-state index contributed by atoms with van der Waals surface area (Å²) < 4.78 is 3.45. The number of halogens is 1. The fourth-order valence-electron chi connectivity index (χ4n) is 4.53. The fraction of sp³-hybridized carbons (Fsp3) is 0.417. The van der Waals surface area contributed by atoms with Gasteiger partial charge in [0.15, 0.2) is 0 Å². The third-order valence-electron chi connectivity index (χ3n) is 6.11. The Hall–Kier alpha value is -2.57. The molecule has 164 valence electrons. The number of hydrogen-bond acceptors (Lipinski definition) is 3. The van der Waals surface area contributed by atoms with Crippen molar-refractivity contribution in [2.75, 3.05) is 19.6 Å². The van der Waals surface area contributed by atoms with Gasteiger partial charge < -0.3 is 5.32 Å². The van der Waals surface area contributed by atoms with Crippen molar-refractivity contribution in [3.63, 3.8) is 0 Å². The van der Waals surface area contributed by atoms with Crippen LogP contribution in [0.25, 0.3) is 11.0 Å². The van der Waals surface area contributed by atoms with Crippen LogP contribution in [0.3, 0.4) is 0 Å². The second kappa shape index (κ2) is 9.71. The lowest BCUT2D eigenvalue weighted by Gasteiger charge is -2.28. The first-order chi connectivity index (χ1) is 15.1. The van der Waals surface area contributed by atoms with Gasteiger partial charge in [-0.1, -0.05) is 35.9 Å². The number of likely N-dealkylation sites (tertiary alicyclic amines) is 1. The second-order valence-electron chi connectivity index (χ2n) is 8.04. The quantitative estimate of drug-likeness (QED) is 0.579. The molecule has 1 saturated heterocycles. The number of benzene rings is 2. The third-order valence-corrected chi connectivity index (χ3v) is 6.35. The summed E-state index contributed by atoms with van der Waals surface area (Å²) in [5.41, 5.74) is 2.84. The van der Waals surface area contributed by atoms with Crippen molar-refractivity contribution in [2.45, 2.75) is 45.3 Å². The Kier molecular flexibility index (Phi) is 6.78. The van der Waals surface area contributed by atoms with Crippen molar-refractivity contribution in [3.05, 3.63) is 69.6 Å². The molecule has 31 heavy (non-hydrogen) atoms. The van der Waals surface area contributed by atoms with Gasteiger partial charge in [-0.3, -0.25) is 18.8 Å². The van der Waals surface area contributed by atoms with E-state index in [4.69, 9.17) is 11.6 Å². The summed E-state index contributed by atoms with van der Waals surface area (Å²) in [4.78, 5) is 27.9. The number of nitrogens with zero attached hydrogens (tertiary/aromatic N) is 3. The van der Waals surface area contributed by atoms with E-state index in [1.165, 1.54) is 12.8 Å². The highest BCUT2D eigenvalue weighted by Gasteiger charge is 2.24. The van der Waals surface area contributed by atoms with Crippen LogP contribution in [0, 0.1) is 0 Å². The van der Waals surface area contributed by atoms with Crippen molar-refractivity contribution in [3.8, 4) is 0 Å². The molecular formula is C24H29ClN4O2. The van der Waals surface area contributed by atoms with Gasteiger partial charge in [-0.2, -0.15) is 0 Å². The minimum Gasteiger partial charge on any atom is -0.354 e. The smallest absolute Gasteiger partial charge is 0.329 e. The Bertz CT molecular complexity index is 1110. The molecule has 1 aliphatic heterocycles. The first-order valence-electron chi connectivity index (χ1n) is 11.0. The number of nitrogens with one attached hydrogen (secondary N) is 1. The largest absolute Gasteiger partial charge is 0.354 e. The molecule has 0 bridgehead atoms. The number of fused-ring (bicyclic) bond motifs is 1. The van der Waals surface area contributed by atoms with E-state index in [1.54, 1.807) is 9.13 Å². The molecule has 1 N–H and O–H groups in total. The van der Waals surface area contributed by atoms with Crippen molar-refractivity contribution < 1.29 is 4.79 Å². The van der Waals surface area contributed by atoms with E-state index in [2.05, 4.69) is 16.3 Å². The van der Waals surface area contributed by atoms with E-state index < -0.39 is 0 Å². The summed E-state index contributed by atoms with van der Waals surface area (Å²) in [6, 6.07) is 15.7. The van der Waals surface area contributed by atoms with E-state index in [-0.39, 0.29) is 24.1 Å². The number of imidazole rings is 1. The minimum absolute atomic E-state index is 0.0496. The lowest BCUT2D eigenvalue weighted by atomic mass is 10.1. The molecule has 0 radical (unpaired) electrons. The van der Waals surface area contributed by atoms with Gasteiger partial charge >= 0.3 is 5.69 Å². The van der Waals surface area contributed by atoms with Crippen LogP contribution in [0.4, 0.5) is 0 Å². The molecule has 0 spiro atoms. The van der Waals surface area contributed by atoms with E-state index in [1.807, 2.05) is 49.4 Å². The van der Waals surface area contributed by atoms with Crippen LogP contribution in [0.15, 0.2) is 53.3 Å². The zero-order chi connectivity index (χ0) is 21.8. The van der Waals surface area contributed by atoms with Gasteiger partial charge in [-0.25, -0.2) is 4.79 Å². The molecule has 1 aromatic heterocycles. The molecular weight excluding hydrogens is 412 g/mol. The average Bonchev–Trinajstić information content (AvgIpc) is 3.38. The van der Waals surface area contributed by atoms with E-state index in [0.717, 1.165) is 29.7 Å². The molecule has 1 amide bonds. The van der Waals surface area contributed by atoms with Gasteiger partial charge in [0.1, 0.15) is 0 Å². The molecule has 6 nitrogen and oxygen atoms in total. The maximum Gasteiger partial charge on any atom is 0.329 e. The van der Waals surface area contributed by atoms with Gasteiger partial charge in [-0.15, -0.1) is 0 Å². The van der Waals surface area contributed by atoms with E-state index >= 15 is 0 Å². The maximum atomic E-state index is 12.8. The van der Waals surface area contributed by atoms with Gasteiger partial charge in [0.25, 0.3) is 0 Å². The molecule has 2 aromatic carbocycles. The van der Waals surface area contributed by atoms with Gasteiger partial charge in [0.2, 0.25) is 5.91 Å². The van der Waals surface area contributed by atoms with E-state index in [0.29, 0.717) is 24.7 Å². The second-order valence-corrected chi connectivity index (χ2v) is 8.47. The van der Waals surface area contributed by atoms with Crippen LogP contribution in [-0.2, 0) is 17.9 Å². The highest BCUT2D eigenvalue weighted by molar-refractivity contribution is 6.30. The van der Waals surface area contributed by atoms with Gasteiger partial charge in [0, 0.05) is 31.1 Å². The first kappa shape index (κ1) is 21.7. The third kappa shape index (κ3) is 4.70. The van der Waals surface area contributed by atoms with Crippen LogP contribution in [0.2, 0.25) is 5.02 Å². The monoisotopic (exact) mass is 440 g/mol. The Labute approximate surface area is 187 Å². The number of carbonyl (C=O) groups excluding carboxylic acids is 1. The Balaban J connectivity index is 1.43. The number of amides is 1. The highest BCUT2D eigenvalue weighted by atomic mass is 35.5. The van der Waals surface area contributed by atoms with Crippen LogP contribution in [-0.4, -0.2) is 39.6 Å². The van der Waals surface area contributed by atoms with E-state index in [9.17, 15) is 9.59 Å². The number of carbonyl (C=O) groups is 1. The molecule has 4 rings (SSSR count). The minimum atomic E-state index is -0.0645. The zero-order valence-corrected chi connectivity index (χ0v) is 18.6. The summed E-state index contributed by atoms with van der Waals surface area (Å²) in [6.45, 7) is 5.52. The molecule has 0 saturated carbocycles. The number of aromatic nitrogens is 2. The van der Waals surface area contributed by atoms with Gasteiger partial charge in [-0.05, 0) is 62.7 Å². The Morgan fingerprint density at radius 1 is 1.06 bits per heavy atom. The molecule has 1 unspecified atom stereocenters. The van der Waals surface area contributed by atoms with Crippen LogP contribution < -0.4 is 11.0 Å². The topological polar surface area (TPSA) is 59.3 Å². The van der Waals surface area contributed by atoms with Crippen molar-refractivity contribution in [1.29, 1.82) is 0 Å². The predicted octanol–water partition coefficient (Wildman–Crippen LogP) is 3.82. The van der Waals surface area contributed by atoms with Crippen molar-refractivity contribution in [2.24, 2.45) is 0 Å². The first-order valence-corrected chi connectivity index (χ1v) is 11.4. The molecule has 3 aromatic rings. The number of aryl methyl sites for hydroxylation is 2. The summed E-state index contributed by atoms with van der Waals surface area (Å²) >= 11 is 6.21. The van der Waals surface area contributed by atoms with Crippen LogP contribution >= 0.6 is 11.6 Å². The lowest BCUT2D eigenvalue weighted by molar-refractivity contribution is -0.121. The van der Waals surface area contributed by atoms with Crippen LogP contribution in [0.1, 0.15) is 37.8 Å². The molecule has 1 atom stereocenters. The summed E-state index contributed by atoms with van der Waals surface area (Å²) in [6.07, 6.45) is 2.62. The standard InChI is InChI=1S/C24H29ClN4O2/c1-2-28-20-10-3-4-11-21(20)29(24(28)31)15-12-23(30)26-17-22(27-13-5-6-14-27)18-8-7-9-19(25)16-18/h3-4,7-11,16,22H,2,5-6,12-15,17H2,1H3,(H,26,30). The number of rotatable bonds is 8. The maximum absolute atomic E-state index is 12.8. The Morgan fingerprint density at radius 2 is 1.77 bits per heavy atom. The summed E-state index contributed by atoms with van der Waals surface area (Å²) in [7, 11) is 0. The summed E-state index contributed by atoms with van der Waals surface area (Å²) in [5, 5.41) is 3.80. The van der Waals surface area contributed by atoms with Crippen molar-refractivity contribution >= 4 is 28.5 Å². The molecule has 1 fully saturated rings. The molecule has 1 aliphatic rings. The van der Waals surface area contributed by atoms with Gasteiger partial charge in [0.05, 0.1) is 17.1 Å². The average molecular weight is 441 g/mol. The highest BCUT2D eigenvalue weighted by Crippen LogP contribution is 2.26. The molecule has 7 heteroatoms. The van der Waals surface area contributed by atoms with Crippen LogP contribution in [0.5, 0.6) is 0 Å². The number of para-hydroxylation sites is 2. The zero-order valence-electron chi connectivity index (χ0n) is 17.9.